The molecule has 0 radical (unpaired) electrons. The molecule has 0 N–H and O–H groups in total. The zero-order valence-electron chi connectivity index (χ0n) is 7.24. The maximum atomic E-state index is 11.6. The monoisotopic (exact) mass is 328 g/mol. The molecule has 0 saturated heterocycles. The Kier molecular flexibility index (Phi) is 4.60. The Morgan fingerprint density at radius 1 is 0.706 bits per heavy atom. The number of halogens is 6. The summed E-state index contributed by atoms with van der Waals surface area (Å²) in [7, 11) is -15.9. The molecule has 0 bridgehead atoms. The van der Waals surface area contributed by atoms with Gasteiger partial charge in [-0.25, -0.2) is 0 Å². The number of hydrogen-bond donors (Lipinski definition) is 0. The molecular formula is C2H2F6O6S2Si. The van der Waals surface area contributed by atoms with Crippen molar-refractivity contribution in [1.82, 2.24) is 0 Å². The Morgan fingerprint density at radius 2 is 0.941 bits per heavy atom. The van der Waals surface area contributed by atoms with Crippen LogP contribution in [0.4, 0.5) is 26.3 Å². The molecule has 0 aromatic carbocycles. The molecule has 0 heterocycles. The van der Waals surface area contributed by atoms with E-state index in [1.165, 1.54) is 0 Å². The normalized spacial score (nSPS) is 14.9. The molecule has 6 nitrogen and oxygen atoms in total. The van der Waals surface area contributed by atoms with E-state index in [1.54, 1.807) is 0 Å². The van der Waals surface area contributed by atoms with Gasteiger partial charge in [-0.05, 0) is 0 Å². The zero-order chi connectivity index (χ0) is 14.1. The van der Waals surface area contributed by atoms with Crippen molar-refractivity contribution in [2.24, 2.45) is 0 Å². The smallest absolute Gasteiger partial charge is 0.283 e. The van der Waals surface area contributed by atoms with Crippen LogP contribution in [0.1, 0.15) is 0 Å². The van der Waals surface area contributed by atoms with Crippen molar-refractivity contribution < 1.29 is 50.9 Å². The van der Waals surface area contributed by atoms with E-state index >= 15 is 0 Å². The van der Waals surface area contributed by atoms with E-state index in [9.17, 15) is 43.2 Å². The summed E-state index contributed by atoms with van der Waals surface area (Å²) >= 11 is 0. The van der Waals surface area contributed by atoms with Crippen LogP contribution in [0.25, 0.3) is 0 Å². The van der Waals surface area contributed by atoms with E-state index < -0.39 is 41.3 Å². The standard InChI is InChI=1S/C2H2F6O6S2Si/c3-1(4,5)15(9,10)13-17-14-16(11,12)2(6,7)8/h17H2. The van der Waals surface area contributed by atoms with Gasteiger partial charge in [-0.2, -0.15) is 43.2 Å². The lowest BCUT2D eigenvalue weighted by molar-refractivity contribution is -0.0519. The molecule has 0 aliphatic heterocycles. The van der Waals surface area contributed by atoms with Gasteiger partial charge >= 0.3 is 41.3 Å². The van der Waals surface area contributed by atoms with E-state index in [-0.39, 0.29) is 0 Å². The van der Waals surface area contributed by atoms with Crippen LogP contribution in [0.3, 0.4) is 0 Å². The minimum absolute atomic E-state index is 3.01. The average molecular weight is 328 g/mol. The van der Waals surface area contributed by atoms with Gasteiger partial charge < -0.3 is 0 Å². The summed E-state index contributed by atoms with van der Waals surface area (Å²) in [5.74, 6) is 0. The highest BCUT2D eigenvalue weighted by molar-refractivity contribution is 7.89. The Hall–Kier alpha value is -0.383. The minimum atomic E-state index is -6.16. The summed E-state index contributed by atoms with van der Waals surface area (Å²) in [4.78, 5) is 0. The van der Waals surface area contributed by atoms with Crippen molar-refractivity contribution in [3.63, 3.8) is 0 Å². The molecule has 0 amide bonds. The van der Waals surface area contributed by atoms with E-state index in [0.29, 0.717) is 0 Å². The summed E-state index contributed by atoms with van der Waals surface area (Å²) in [5.41, 5.74) is -11.7. The summed E-state index contributed by atoms with van der Waals surface area (Å²) in [6, 6.07) is 0. The van der Waals surface area contributed by atoms with Crippen LogP contribution in [0, 0.1) is 0 Å². The molecule has 0 spiro atoms. The predicted octanol–water partition coefficient (Wildman–Crippen LogP) is -0.282. The highest BCUT2D eigenvalue weighted by atomic mass is 32.2. The summed E-state index contributed by atoms with van der Waals surface area (Å²) in [6.45, 7) is 0. The van der Waals surface area contributed by atoms with Crippen LogP contribution in [0.15, 0.2) is 0 Å². The molecule has 0 atom stereocenters. The van der Waals surface area contributed by atoms with E-state index in [4.69, 9.17) is 0 Å². The lowest BCUT2D eigenvalue weighted by Gasteiger charge is -2.10. The largest absolute Gasteiger partial charge is 0.522 e. The number of hydrogen-bond acceptors (Lipinski definition) is 6. The van der Waals surface area contributed by atoms with Gasteiger partial charge in [-0.3, -0.25) is 7.74 Å². The quantitative estimate of drug-likeness (QED) is 0.401. The van der Waals surface area contributed by atoms with Crippen molar-refractivity contribution in [2.75, 3.05) is 0 Å². The SMILES string of the molecule is O=S(=O)(O[SiH2]OS(=O)(=O)C(F)(F)F)C(F)(F)F. The van der Waals surface area contributed by atoms with Crippen molar-refractivity contribution in [3.05, 3.63) is 0 Å². The van der Waals surface area contributed by atoms with Crippen LogP contribution in [-0.2, 0) is 28.0 Å². The highest BCUT2D eigenvalue weighted by Gasteiger charge is 2.50. The van der Waals surface area contributed by atoms with Crippen LogP contribution < -0.4 is 0 Å². The molecule has 0 saturated carbocycles. The van der Waals surface area contributed by atoms with Gasteiger partial charge in [0.25, 0.3) is 0 Å². The molecular weight excluding hydrogens is 326 g/mol. The maximum Gasteiger partial charge on any atom is 0.522 e. The Balaban J connectivity index is 4.58. The Labute approximate surface area is 92.8 Å². The van der Waals surface area contributed by atoms with E-state index in [2.05, 4.69) is 7.74 Å². The third-order valence-electron chi connectivity index (χ3n) is 0.973. The van der Waals surface area contributed by atoms with Gasteiger partial charge in [0, 0.05) is 0 Å². The molecule has 0 rings (SSSR count). The topological polar surface area (TPSA) is 86.7 Å². The van der Waals surface area contributed by atoms with Crippen LogP contribution >= 0.6 is 0 Å². The zero-order valence-corrected chi connectivity index (χ0v) is 10.3. The van der Waals surface area contributed by atoms with Crippen LogP contribution in [-0.4, -0.2) is 37.9 Å². The fourth-order valence-corrected chi connectivity index (χ4v) is 2.87. The lowest BCUT2D eigenvalue weighted by atomic mass is 11.6. The minimum Gasteiger partial charge on any atom is -0.283 e. The van der Waals surface area contributed by atoms with Crippen LogP contribution in [0.2, 0.25) is 0 Å². The molecule has 0 aromatic heterocycles. The van der Waals surface area contributed by atoms with E-state index in [1.807, 2.05) is 0 Å². The van der Waals surface area contributed by atoms with E-state index in [0.717, 1.165) is 0 Å². The van der Waals surface area contributed by atoms with Gasteiger partial charge in [0.15, 0.2) is 0 Å². The fraction of sp³-hybridized carbons (Fsp3) is 1.00. The van der Waals surface area contributed by atoms with Gasteiger partial charge in [-0.1, -0.05) is 0 Å². The molecule has 17 heavy (non-hydrogen) atoms. The Bertz CT molecular complexity index is 414. The molecule has 0 aromatic rings. The van der Waals surface area contributed by atoms with Crippen molar-refractivity contribution >= 4 is 30.2 Å². The third-order valence-corrected chi connectivity index (χ3v) is 5.36. The first-order chi connectivity index (χ1) is 7.21. The molecule has 104 valence electrons. The average Bonchev–Trinajstić information content (AvgIpc) is 1.98. The maximum absolute atomic E-state index is 11.6. The van der Waals surface area contributed by atoms with Crippen molar-refractivity contribution in [1.29, 1.82) is 0 Å². The lowest BCUT2D eigenvalue weighted by Crippen LogP contribution is -2.31. The second kappa shape index (κ2) is 4.71. The molecule has 0 fully saturated rings. The number of rotatable bonds is 4. The highest BCUT2D eigenvalue weighted by Crippen LogP contribution is 2.26. The molecule has 0 aliphatic carbocycles. The van der Waals surface area contributed by atoms with Crippen LogP contribution in [0.5, 0.6) is 0 Å². The predicted molar refractivity (Wildman–Crippen MR) is 40.7 cm³/mol. The second-order valence-corrected chi connectivity index (χ2v) is 7.02. The third kappa shape index (κ3) is 4.41. The molecule has 0 unspecified atom stereocenters. The summed E-state index contributed by atoms with van der Waals surface area (Å²) in [5, 5.41) is 0. The van der Waals surface area contributed by atoms with Gasteiger partial charge in [-0.15, -0.1) is 0 Å². The summed E-state index contributed by atoms with van der Waals surface area (Å²) in [6.07, 6.45) is 0. The van der Waals surface area contributed by atoms with Gasteiger partial charge in [0.05, 0.1) is 0 Å². The first-order valence-corrected chi connectivity index (χ1v) is 7.09. The second-order valence-electron chi connectivity index (χ2n) is 2.15. The van der Waals surface area contributed by atoms with Crippen molar-refractivity contribution in [3.8, 4) is 0 Å². The molecule has 0 aliphatic rings. The van der Waals surface area contributed by atoms with Gasteiger partial charge in [0.1, 0.15) is 0 Å². The fourth-order valence-electron chi connectivity index (χ4n) is 0.280. The summed E-state index contributed by atoms with van der Waals surface area (Å²) < 4.78 is 116. The Morgan fingerprint density at radius 3 is 1.12 bits per heavy atom. The number of alkyl halides is 6. The van der Waals surface area contributed by atoms with Crippen molar-refractivity contribution in [2.45, 2.75) is 11.0 Å². The van der Waals surface area contributed by atoms with Gasteiger partial charge in [0.2, 0.25) is 0 Å². The first kappa shape index (κ1) is 16.6. The first-order valence-electron chi connectivity index (χ1n) is 3.12. The molecule has 15 heteroatoms.